The molecule has 2 aromatic carbocycles. The van der Waals surface area contributed by atoms with Crippen LogP contribution in [0.5, 0.6) is 0 Å². The largest absolute Gasteiger partial charge is 0.478 e. The molecule has 0 aromatic heterocycles. The van der Waals surface area contributed by atoms with E-state index in [2.05, 4.69) is 20.8 Å². The molecule has 162 valence electrons. The Labute approximate surface area is 180 Å². The number of carboxylic acid groups (broad SMARTS) is 2. The number of rotatable bonds is 12. The molecule has 0 amide bonds. The van der Waals surface area contributed by atoms with Gasteiger partial charge in [-0.3, -0.25) is 0 Å². The van der Waals surface area contributed by atoms with Gasteiger partial charge in [0.15, 0.2) is 0 Å². The number of hydrogen-bond donors (Lipinski definition) is 2. The van der Waals surface area contributed by atoms with Crippen molar-refractivity contribution >= 4 is 11.9 Å². The Morgan fingerprint density at radius 3 is 1.73 bits per heavy atom. The van der Waals surface area contributed by atoms with E-state index in [0.29, 0.717) is 5.56 Å². The Hall–Kier alpha value is -2.62. The predicted octanol–water partition coefficient (Wildman–Crippen LogP) is 6.90. The van der Waals surface area contributed by atoms with E-state index in [0.717, 1.165) is 24.0 Å². The molecule has 30 heavy (non-hydrogen) atoms. The van der Waals surface area contributed by atoms with Crippen molar-refractivity contribution in [2.24, 2.45) is 0 Å². The van der Waals surface area contributed by atoms with Crippen molar-refractivity contribution in [3.05, 3.63) is 70.8 Å². The highest BCUT2D eigenvalue weighted by Gasteiger charge is 2.32. The molecule has 0 saturated carbocycles. The first kappa shape index (κ1) is 23.7. The van der Waals surface area contributed by atoms with Crippen molar-refractivity contribution in [3.63, 3.8) is 0 Å². The third-order valence-corrected chi connectivity index (χ3v) is 6.15. The lowest BCUT2D eigenvalue weighted by Gasteiger charge is -2.36. The van der Waals surface area contributed by atoms with Gasteiger partial charge in [-0.25, -0.2) is 9.59 Å². The van der Waals surface area contributed by atoms with Crippen LogP contribution in [0.1, 0.15) is 103 Å². The summed E-state index contributed by atoms with van der Waals surface area (Å²) in [5, 5.41) is 18.4. The Kier molecular flexibility index (Phi) is 8.64. The molecule has 0 aliphatic rings. The quantitative estimate of drug-likeness (QED) is 0.373. The normalized spacial score (nSPS) is 12.5. The molecule has 0 saturated heterocycles. The Morgan fingerprint density at radius 1 is 0.767 bits per heavy atom. The van der Waals surface area contributed by atoms with Crippen molar-refractivity contribution in [1.82, 2.24) is 0 Å². The van der Waals surface area contributed by atoms with E-state index in [1.165, 1.54) is 32.1 Å². The summed E-state index contributed by atoms with van der Waals surface area (Å²) in [7, 11) is 0. The fourth-order valence-electron chi connectivity index (χ4n) is 4.17. The van der Waals surface area contributed by atoms with E-state index in [9.17, 15) is 19.8 Å². The van der Waals surface area contributed by atoms with Crippen LogP contribution < -0.4 is 0 Å². The summed E-state index contributed by atoms with van der Waals surface area (Å²) in [6.07, 6.45) is 8.34. The maximum atomic E-state index is 11.2. The molecule has 0 spiro atoms. The van der Waals surface area contributed by atoms with Gasteiger partial charge in [0.05, 0.1) is 11.1 Å². The molecule has 4 nitrogen and oxygen atoms in total. The Balaban J connectivity index is 2.25. The molecule has 1 unspecified atom stereocenters. The number of unbranched alkanes of at least 4 members (excludes halogenated alkanes) is 5. The van der Waals surface area contributed by atoms with Crippen LogP contribution in [0.2, 0.25) is 0 Å². The molecule has 0 aliphatic carbocycles. The summed E-state index contributed by atoms with van der Waals surface area (Å²) in [6.45, 7) is 6.60. The second kappa shape index (κ2) is 11.0. The van der Waals surface area contributed by atoms with Gasteiger partial charge in [-0.1, -0.05) is 83.6 Å². The van der Waals surface area contributed by atoms with Gasteiger partial charge >= 0.3 is 11.9 Å². The predicted molar refractivity (Wildman–Crippen MR) is 121 cm³/mol. The van der Waals surface area contributed by atoms with Crippen molar-refractivity contribution in [2.75, 3.05) is 0 Å². The summed E-state index contributed by atoms with van der Waals surface area (Å²) in [4.78, 5) is 22.4. The van der Waals surface area contributed by atoms with Crippen LogP contribution in [0, 0.1) is 0 Å². The Bertz CT molecular complexity index is 819. The molecular formula is C26H34O4. The molecule has 0 aliphatic heterocycles. The summed E-state index contributed by atoms with van der Waals surface area (Å²) in [5.74, 6) is -1.63. The summed E-state index contributed by atoms with van der Waals surface area (Å²) >= 11 is 0. The first-order chi connectivity index (χ1) is 14.3. The highest BCUT2D eigenvalue weighted by Crippen LogP contribution is 2.42. The van der Waals surface area contributed by atoms with Crippen molar-refractivity contribution < 1.29 is 19.8 Å². The highest BCUT2D eigenvalue weighted by atomic mass is 16.4. The van der Waals surface area contributed by atoms with Crippen LogP contribution in [0.25, 0.3) is 0 Å². The second-order valence-electron chi connectivity index (χ2n) is 8.64. The minimum atomic E-state index is -0.924. The van der Waals surface area contributed by atoms with E-state index in [-0.39, 0.29) is 16.9 Å². The number of hydrogen-bond acceptors (Lipinski definition) is 2. The molecule has 2 N–H and O–H groups in total. The fourth-order valence-corrected chi connectivity index (χ4v) is 4.17. The summed E-state index contributed by atoms with van der Waals surface area (Å²) < 4.78 is 0. The van der Waals surface area contributed by atoms with E-state index >= 15 is 0 Å². The monoisotopic (exact) mass is 410 g/mol. The standard InChI is InChI=1S/C26H34O4/c1-4-5-6-7-8-9-10-23(19-11-13-20(14-12-19)24(27)28)26(2,3)22-17-15-21(16-18-22)25(29)30/h11-18,23H,4-10H2,1-3H3,(H,27,28)(H,29,30). The number of carbonyl (C=O) groups is 2. The lowest BCUT2D eigenvalue weighted by molar-refractivity contribution is 0.0686. The van der Waals surface area contributed by atoms with E-state index in [1.807, 2.05) is 24.3 Å². The smallest absolute Gasteiger partial charge is 0.335 e. The molecule has 1 atom stereocenters. The molecule has 2 rings (SSSR count). The molecule has 0 radical (unpaired) electrons. The average molecular weight is 411 g/mol. The van der Waals surface area contributed by atoms with Crippen molar-refractivity contribution in [1.29, 1.82) is 0 Å². The van der Waals surface area contributed by atoms with E-state index in [4.69, 9.17) is 0 Å². The number of aromatic carboxylic acids is 2. The second-order valence-corrected chi connectivity index (χ2v) is 8.64. The molecule has 4 heteroatoms. The molecule has 0 fully saturated rings. The third-order valence-electron chi connectivity index (χ3n) is 6.15. The third kappa shape index (κ3) is 6.19. The lowest BCUT2D eigenvalue weighted by atomic mass is 9.68. The first-order valence-corrected chi connectivity index (χ1v) is 10.9. The molecular weight excluding hydrogens is 376 g/mol. The van der Waals surface area contributed by atoms with Crippen LogP contribution in [-0.4, -0.2) is 22.2 Å². The van der Waals surface area contributed by atoms with Crippen LogP contribution in [0.3, 0.4) is 0 Å². The van der Waals surface area contributed by atoms with Crippen molar-refractivity contribution in [3.8, 4) is 0 Å². The van der Waals surface area contributed by atoms with Gasteiger partial charge in [0.25, 0.3) is 0 Å². The minimum Gasteiger partial charge on any atom is -0.478 e. The number of carboxylic acids is 2. The van der Waals surface area contributed by atoms with Crippen molar-refractivity contribution in [2.45, 2.75) is 77.0 Å². The highest BCUT2D eigenvalue weighted by molar-refractivity contribution is 5.88. The van der Waals surface area contributed by atoms with E-state index < -0.39 is 11.9 Å². The van der Waals surface area contributed by atoms with E-state index in [1.54, 1.807) is 24.3 Å². The van der Waals surface area contributed by atoms with Gasteiger partial charge in [-0.15, -0.1) is 0 Å². The molecule has 0 bridgehead atoms. The average Bonchev–Trinajstić information content (AvgIpc) is 2.73. The van der Waals surface area contributed by atoms with Crippen LogP contribution in [-0.2, 0) is 5.41 Å². The Morgan fingerprint density at radius 2 is 1.23 bits per heavy atom. The van der Waals surface area contributed by atoms with Gasteiger partial charge in [-0.2, -0.15) is 0 Å². The first-order valence-electron chi connectivity index (χ1n) is 10.9. The van der Waals surface area contributed by atoms with Gasteiger partial charge in [-0.05, 0) is 53.1 Å². The molecule has 2 aromatic rings. The van der Waals surface area contributed by atoms with Crippen LogP contribution in [0.15, 0.2) is 48.5 Å². The number of benzene rings is 2. The summed E-state index contributed by atoms with van der Waals surface area (Å²) in [5.41, 5.74) is 2.57. The van der Waals surface area contributed by atoms with Crippen LogP contribution >= 0.6 is 0 Å². The topological polar surface area (TPSA) is 74.6 Å². The lowest BCUT2D eigenvalue weighted by Crippen LogP contribution is -2.27. The minimum absolute atomic E-state index is 0.210. The maximum Gasteiger partial charge on any atom is 0.335 e. The zero-order valence-electron chi connectivity index (χ0n) is 18.4. The van der Waals surface area contributed by atoms with Crippen LogP contribution in [0.4, 0.5) is 0 Å². The van der Waals surface area contributed by atoms with Gasteiger partial charge < -0.3 is 10.2 Å². The maximum absolute atomic E-state index is 11.2. The summed E-state index contributed by atoms with van der Waals surface area (Å²) in [6, 6.07) is 14.3. The van der Waals surface area contributed by atoms with Gasteiger partial charge in [0.2, 0.25) is 0 Å². The zero-order valence-corrected chi connectivity index (χ0v) is 18.4. The molecule has 0 heterocycles. The van der Waals surface area contributed by atoms with Gasteiger partial charge in [0, 0.05) is 0 Å². The zero-order chi connectivity index (χ0) is 22.1. The van der Waals surface area contributed by atoms with Gasteiger partial charge in [0.1, 0.15) is 0 Å². The fraction of sp³-hybridized carbons (Fsp3) is 0.462. The SMILES string of the molecule is CCCCCCCCC(c1ccc(C(=O)O)cc1)C(C)(C)c1ccc(C(=O)O)cc1.